The molecule has 18 heavy (non-hydrogen) atoms. The van der Waals surface area contributed by atoms with Crippen molar-refractivity contribution in [3.8, 4) is 11.1 Å². The van der Waals surface area contributed by atoms with Crippen LogP contribution in [0.4, 0.5) is 5.69 Å². The zero-order valence-corrected chi connectivity index (χ0v) is 11.1. The Morgan fingerprint density at radius 2 is 1.78 bits per heavy atom. The van der Waals surface area contributed by atoms with Crippen LogP contribution in [0, 0.1) is 13.8 Å². The molecule has 0 aliphatic carbocycles. The van der Waals surface area contributed by atoms with Gasteiger partial charge in [-0.1, -0.05) is 17.7 Å². The van der Waals surface area contributed by atoms with Crippen molar-refractivity contribution < 1.29 is 4.79 Å². The Hall–Kier alpha value is -1.80. The van der Waals surface area contributed by atoms with Gasteiger partial charge in [0.15, 0.2) is 0 Å². The van der Waals surface area contributed by atoms with E-state index in [1.807, 2.05) is 32.0 Å². The minimum Gasteiger partial charge on any atom is -0.398 e. The van der Waals surface area contributed by atoms with Gasteiger partial charge in [-0.3, -0.25) is 4.79 Å². The number of hydrogen-bond acceptors (Lipinski definition) is 2. The molecule has 0 atom stereocenters. The van der Waals surface area contributed by atoms with Gasteiger partial charge < -0.3 is 5.73 Å². The number of carbonyl (C=O) groups excluding carboxylic acids is 1. The summed E-state index contributed by atoms with van der Waals surface area (Å²) in [5.41, 5.74) is 11.2. The normalized spacial score (nSPS) is 10.4. The summed E-state index contributed by atoms with van der Waals surface area (Å²) in [7, 11) is 0. The van der Waals surface area contributed by atoms with Crippen molar-refractivity contribution in [3.05, 3.63) is 52.0 Å². The summed E-state index contributed by atoms with van der Waals surface area (Å²) >= 11 is 6.01. The minimum atomic E-state index is 0.649. The molecule has 0 aliphatic rings. The summed E-state index contributed by atoms with van der Waals surface area (Å²) < 4.78 is 0. The lowest BCUT2D eigenvalue weighted by molar-refractivity contribution is 0.112. The molecule has 2 rings (SSSR count). The molecule has 0 radical (unpaired) electrons. The Balaban J connectivity index is 2.67. The van der Waals surface area contributed by atoms with Crippen molar-refractivity contribution in [2.24, 2.45) is 0 Å². The highest BCUT2D eigenvalue weighted by molar-refractivity contribution is 6.31. The quantitative estimate of drug-likeness (QED) is 0.654. The number of benzene rings is 2. The Kier molecular flexibility index (Phi) is 3.39. The van der Waals surface area contributed by atoms with Gasteiger partial charge in [0, 0.05) is 21.8 Å². The van der Waals surface area contributed by atoms with E-state index in [9.17, 15) is 4.79 Å². The molecule has 0 spiro atoms. The lowest BCUT2D eigenvalue weighted by Crippen LogP contribution is -1.95. The van der Waals surface area contributed by atoms with E-state index in [1.54, 1.807) is 12.1 Å². The number of nitrogen functional groups attached to an aromatic ring is 1. The van der Waals surface area contributed by atoms with Gasteiger partial charge >= 0.3 is 0 Å². The molecule has 0 saturated heterocycles. The molecule has 0 saturated carbocycles. The van der Waals surface area contributed by atoms with E-state index in [1.165, 1.54) is 0 Å². The zero-order chi connectivity index (χ0) is 13.3. The van der Waals surface area contributed by atoms with E-state index in [-0.39, 0.29) is 0 Å². The number of halogens is 1. The molecule has 0 unspecified atom stereocenters. The van der Waals surface area contributed by atoms with E-state index >= 15 is 0 Å². The fraction of sp³-hybridized carbons (Fsp3) is 0.133. The molecule has 2 nitrogen and oxygen atoms in total. The lowest BCUT2D eigenvalue weighted by atomic mass is 9.94. The maximum atomic E-state index is 10.9. The second kappa shape index (κ2) is 4.83. The fourth-order valence-electron chi connectivity index (χ4n) is 2.02. The molecule has 2 aromatic carbocycles. The smallest absolute Gasteiger partial charge is 0.150 e. The van der Waals surface area contributed by atoms with E-state index in [4.69, 9.17) is 17.3 Å². The molecule has 2 aromatic rings. The molecule has 0 aromatic heterocycles. The first-order valence-electron chi connectivity index (χ1n) is 5.64. The van der Waals surface area contributed by atoms with Gasteiger partial charge in [-0.25, -0.2) is 0 Å². The third-order valence-corrected chi connectivity index (χ3v) is 3.28. The third-order valence-electron chi connectivity index (χ3n) is 3.05. The molecule has 3 heteroatoms. The van der Waals surface area contributed by atoms with Gasteiger partial charge in [0.1, 0.15) is 6.29 Å². The number of carbonyl (C=O) groups is 1. The number of aldehydes is 1. The summed E-state index contributed by atoms with van der Waals surface area (Å²) in [5.74, 6) is 0. The average molecular weight is 260 g/mol. The molecular formula is C15H14ClNO. The van der Waals surface area contributed by atoms with Gasteiger partial charge in [-0.2, -0.15) is 0 Å². The minimum absolute atomic E-state index is 0.649. The average Bonchev–Trinajstić information content (AvgIpc) is 2.35. The van der Waals surface area contributed by atoms with Gasteiger partial charge in [-0.05, 0) is 54.8 Å². The molecular weight excluding hydrogens is 246 g/mol. The number of nitrogens with two attached hydrogens (primary N) is 1. The van der Waals surface area contributed by atoms with Gasteiger partial charge in [0.05, 0.1) is 0 Å². The van der Waals surface area contributed by atoms with E-state index in [2.05, 4.69) is 0 Å². The van der Waals surface area contributed by atoms with Gasteiger partial charge in [0.2, 0.25) is 0 Å². The molecule has 0 fully saturated rings. The maximum absolute atomic E-state index is 10.9. The van der Waals surface area contributed by atoms with Gasteiger partial charge in [-0.15, -0.1) is 0 Å². The van der Waals surface area contributed by atoms with Crippen LogP contribution >= 0.6 is 11.6 Å². The summed E-state index contributed by atoms with van der Waals surface area (Å²) in [4.78, 5) is 10.9. The second-order valence-corrected chi connectivity index (χ2v) is 4.81. The van der Waals surface area contributed by atoms with Crippen molar-refractivity contribution in [2.45, 2.75) is 13.8 Å². The zero-order valence-electron chi connectivity index (χ0n) is 10.3. The van der Waals surface area contributed by atoms with E-state index in [0.717, 1.165) is 28.5 Å². The van der Waals surface area contributed by atoms with Crippen LogP contribution in [0.1, 0.15) is 21.5 Å². The SMILES string of the molecule is Cc1cc(-c2cc(Cl)ccc2N)c(C)cc1C=O. The Morgan fingerprint density at radius 3 is 2.44 bits per heavy atom. The Bertz CT molecular complexity index is 620. The lowest BCUT2D eigenvalue weighted by Gasteiger charge is -2.12. The maximum Gasteiger partial charge on any atom is 0.150 e. The molecule has 0 aliphatic heterocycles. The predicted octanol–water partition coefficient (Wildman–Crippen LogP) is 4.02. The molecule has 0 bridgehead atoms. The number of rotatable bonds is 2. The van der Waals surface area contributed by atoms with Crippen molar-refractivity contribution in [1.82, 2.24) is 0 Å². The third kappa shape index (κ3) is 2.24. The van der Waals surface area contributed by atoms with Gasteiger partial charge in [0.25, 0.3) is 0 Å². The van der Waals surface area contributed by atoms with Crippen molar-refractivity contribution in [1.29, 1.82) is 0 Å². The highest BCUT2D eigenvalue weighted by atomic mass is 35.5. The fourth-order valence-corrected chi connectivity index (χ4v) is 2.19. The summed E-state index contributed by atoms with van der Waals surface area (Å²) in [6.07, 6.45) is 0.868. The van der Waals surface area contributed by atoms with Crippen LogP contribution in [0.25, 0.3) is 11.1 Å². The van der Waals surface area contributed by atoms with Crippen LogP contribution in [-0.4, -0.2) is 6.29 Å². The van der Waals surface area contributed by atoms with Crippen LogP contribution in [0.15, 0.2) is 30.3 Å². The van der Waals surface area contributed by atoms with Crippen molar-refractivity contribution >= 4 is 23.6 Å². The van der Waals surface area contributed by atoms with Crippen LogP contribution in [0.3, 0.4) is 0 Å². The van der Waals surface area contributed by atoms with Crippen molar-refractivity contribution in [2.75, 3.05) is 5.73 Å². The van der Waals surface area contributed by atoms with E-state index in [0.29, 0.717) is 16.3 Å². The molecule has 2 N–H and O–H groups in total. The van der Waals surface area contributed by atoms with Crippen LogP contribution < -0.4 is 5.73 Å². The summed E-state index contributed by atoms with van der Waals surface area (Å²) in [5, 5.41) is 0.649. The second-order valence-electron chi connectivity index (χ2n) is 4.37. The summed E-state index contributed by atoms with van der Waals surface area (Å²) in [6.45, 7) is 3.87. The van der Waals surface area contributed by atoms with Crippen LogP contribution in [0.2, 0.25) is 5.02 Å². The Labute approximate surface area is 111 Å². The first-order valence-corrected chi connectivity index (χ1v) is 6.02. The predicted molar refractivity (Wildman–Crippen MR) is 76.2 cm³/mol. The summed E-state index contributed by atoms with van der Waals surface area (Å²) in [6, 6.07) is 9.25. The van der Waals surface area contributed by atoms with E-state index < -0.39 is 0 Å². The first-order chi connectivity index (χ1) is 8.52. The Morgan fingerprint density at radius 1 is 1.06 bits per heavy atom. The topological polar surface area (TPSA) is 43.1 Å². The highest BCUT2D eigenvalue weighted by Gasteiger charge is 2.09. The van der Waals surface area contributed by atoms with Crippen molar-refractivity contribution in [3.63, 3.8) is 0 Å². The molecule has 92 valence electrons. The first kappa shape index (κ1) is 12.7. The number of aryl methyl sites for hydroxylation is 2. The largest absolute Gasteiger partial charge is 0.398 e. The standard InChI is InChI=1S/C15H14ClNO/c1-9-6-13(10(2)5-11(9)8-18)14-7-12(16)3-4-15(14)17/h3-8H,17H2,1-2H3. The van der Waals surface area contributed by atoms with Crippen LogP contribution in [0.5, 0.6) is 0 Å². The highest BCUT2D eigenvalue weighted by Crippen LogP contribution is 2.32. The molecule has 0 heterocycles. The van der Waals surface area contributed by atoms with Crippen LogP contribution in [-0.2, 0) is 0 Å². The number of hydrogen-bond donors (Lipinski definition) is 1. The number of anilines is 1. The molecule has 0 amide bonds. The monoisotopic (exact) mass is 259 g/mol.